The number of hydrogen-bond acceptors (Lipinski definition) is 3. The van der Waals surface area contributed by atoms with Gasteiger partial charge in [-0.2, -0.15) is 0 Å². The predicted octanol–water partition coefficient (Wildman–Crippen LogP) is 2.58. The van der Waals surface area contributed by atoms with Crippen LogP contribution in [-0.2, 0) is 4.74 Å². The molecule has 0 radical (unpaired) electrons. The average molecular weight is 249 g/mol. The van der Waals surface area contributed by atoms with Gasteiger partial charge in [0.05, 0.1) is 0 Å². The molecule has 1 aliphatic rings. The van der Waals surface area contributed by atoms with E-state index in [1.807, 2.05) is 0 Å². The van der Waals surface area contributed by atoms with Crippen molar-refractivity contribution in [1.29, 1.82) is 0 Å². The molecule has 2 rings (SSSR count). The first-order valence-corrected chi connectivity index (χ1v) is 6.73. The molecule has 3 atom stereocenters. The fourth-order valence-electron chi connectivity index (χ4n) is 2.21. The quantitative estimate of drug-likeness (QED) is 0.872. The summed E-state index contributed by atoms with van der Waals surface area (Å²) in [4.78, 5) is 0. The minimum atomic E-state index is 0.0462. The standard InChI is InChI=1S/C15H23NO2/c1-4-7-17-15-12(16)9-14(15)18-13-8-10(2)5-6-11(13)3/h5-6,8,12,14-15H,4,7,9,16H2,1-3H3. The fraction of sp³-hybridized carbons (Fsp3) is 0.600. The highest BCUT2D eigenvalue weighted by atomic mass is 16.5. The van der Waals surface area contributed by atoms with Crippen LogP contribution in [-0.4, -0.2) is 24.9 Å². The molecular formula is C15H23NO2. The van der Waals surface area contributed by atoms with E-state index in [0.717, 1.165) is 30.8 Å². The summed E-state index contributed by atoms with van der Waals surface area (Å²) < 4.78 is 11.8. The Bertz CT molecular complexity index is 405. The average Bonchev–Trinajstić information content (AvgIpc) is 2.33. The van der Waals surface area contributed by atoms with Gasteiger partial charge in [-0.25, -0.2) is 0 Å². The summed E-state index contributed by atoms with van der Waals surface area (Å²) in [6, 6.07) is 6.38. The largest absolute Gasteiger partial charge is 0.487 e. The molecule has 18 heavy (non-hydrogen) atoms. The van der Waals surface area contributed by atoms with Gasteiger partial charge in [0.1, 0.15) is 18.0 Å². The van der Waals surface area contributed by atoms with Crippen molar-refractivity contribution in [3.05, 3.63) is 29.3 Å². The summed E-state index contributed by atoms with van der Waals surface area (Å²) >= 11 is 0. The molecule has 0 aromatic heterocycles. The van der Waals surface area contributed by atoms with Crippen LogP contribution < -0.4 is 10.5 Å². The molecule has 100 valence electrons. The van der Waals surface area contributed by atoms with Crippen LogP contribution in [0.25, 0.3) is 0 Å². The van der Waals surface area contributed by atoms with E-state index in [-0.39, 0.29) is 18.2 Å². The van der Waals surface area contributed by atoms with E-state index in [4.69, 9.17) is 15.2 Å². The second kappa shape index (κ2) is 5.72. The first-order chi connectivity index (χ1) is 8.61. The van der Waals surface area contributed by atoms with Gasteiger partial charge in [-0.3, -0.25) is 0 Å². The molecule has 3 nitrogen and oxygen atoms in total. The summed E-state index contributed by atoms with van der Waals surface area (Å²) in [6.07, 6.45) is 2.04. The lowest BCUT2D eigenvalue weighted by Gasteiger charge is -2.42. The zero-order valence-electron chi connectivity index (χ0n) is 11.5. The third-order valence-electron chi connectivity index (χ3n) is 3.43. The van der Waals surface area contributed by atoms with Gasteiger partial charge in [0, 0.05) is 19.1 Å². The second-order valence-corrected chi connectivity index (χ2v) is 5.16. The van der Waals surface area contributed by atoms with Crippen molar-refractivity contribution in [1.82, 2.24) is 0 Å². The molecule has 0 bridgehead atoms. The first-order valence-electron chi connectivity index (χ1n) is 6.73. The normalized spacial score (nSPS) is 26.8. The predicted molar refractivity (Wildman–Crippen MR) is 73.0 cm³/mol. The molecule has 0 saturated heterocycles. The van der Waals surface area contributed by atoms with Gasteiger partial charge >= 0.3 is 0 Å². The van der Waals surface area contributed by atoms with Gasteiger partial charge in [0.25, 0.3) is 0 Å². The van der Waals surface area contributed by atoms with Crippen molar-refractivity contribution in [2.24, 2.45) is 5.73 Å². The SMILES string of the molecule is CCCOC1C(N)CC1Oc1cc(C)ccc1C. The molecular weight excluding hydrogens is 226 g/mol. The molecule has 1 fully saturated rings. The van der Waals surface area contributed by atoms with E-state index < -0.39 is 0 Å². The second-order valence-electron chi connectivity index (χ2n) is 5.16. The Balaban J connectivity index is 1.98. The van der Waals surface area contributed by atoms with Crippen molar-refractivity contribution in [2.75, 3.05) is 6.61 Å². The third kappa shape index (κ3) is 2.85. The Kier molecular flexibility index (Phi) is 4.25. The van der Waals surface area contributed by atoms with Crippen molar-refractivity contribution in [3.63, 3.8) is 0 Å². The van der Waals surface area contributed by atoms with Gasteiger partial charge in [-0.05, 0) is 37.5 Å². The van der Waals surface area contributed by atoms with Crippen molar-refractivity contribution in [2.45, 2.75) is 51.9 Å². The lowest BCUT2D eigenvalue weighted by molar-refractivity contribution is -0.0981. The summed E-state index contributed by atoms with van der Waals surface area (Å²) in [7, 11) is 0. The van der Waals surface area contributed by atoms with Crippen LogP contribution in [0.3, 0.4) is 0 Å². The van der Waals surface area contributed by atoms with E-state index in [9.17, 15) is 0 Å². The third-order valence-corrected chi connectivity index (χ3v) is 3.43. The highest BCUT2D eigenvalue weighted by molar-refractivity contribution is 5.36. The highest BCUT2D eigenvalue weighted by Crippen LogP contribution is 2.30. The van der Waals surface area contributed by atoms with Crippen LogP contribution in [0, 0.1) is 13.8 Å². The number of rotatable bonds is 5. The van der Waals surface area contributed by atoms with Crippen molar-refractivity contribution < 1.29 is 9.47 Å². The topological polar surface area (TPSA) is 44.5 Å². The number of hydrogen-bond donors (Lipinski definition) is 1. The minimum Gasteiger partial charge on any atom is -0.487 e. The molecule has 3 unspecified atom stereocenters. The molecule has 0 spiro atoms. The van der Waals surface area contributed by atoms with E-state index in [1.54, 1.807) is 0 Å². The Morgan fingerprint density at radius 2 is 2.11 bits per heavy atom. The first kappa shape index (κ1) is 13.4. The van der Waals surface area contributed by atoms with Crippen molar-refractivity contribution >= 4 is 0 Å². The van der Waals surface area contributed by atoms with Crippen molar-refractivity contribution in [3.8, 4) is 5.75 Å². The molecule has 0 amide bonds. The number of aryl methyl sites for hydroxylation is 2. The van der Waals surface area contributed by atoms with Crippen LogP contribution in [0.2, 0.25) is 0 Å². The Labute approximate surface area is 109 Å². The lowest BCUT2D eigenvalue weighted by Crippen LogP contribution is -2.59. The maximum Gasteiger partial charge on any atom is 0.128 e. The van der Waals surface area contributed by atoms with Crippen LogP contribution in [0.4, 0.5) is 0 Å². The maximum absolute atomic E-state index is 6.04. The summed E-state index contributed by atoms with van der Waals surface area (Å²) in [5, 5.41) is 0. The Hall–Kier alpha value is -1.06. The maximum atomic E-state index is 6.04. The Morgan fingerprint density at radius 3 is 2.78 bits per heavy atom. The zero-order valence-corrected chi connectivity index (χ0v) is 11.5. The summed E-state index contributed by atoms with van der Waals surface area (Å²) in [6.45, 7) is 6.99. The molecule has 2 N–H and O–H groups in total. The summed E-state index contributed by atoms with van der Waals surface area (Å²) in [5.74, 6) is 0.956. The van der Waals surface area contributed by atoms with Gasteiger partial charge < -0.3 is 15.2 Å². The molecule has 1 saturated carbocycles. The van der Waals surface area contributed by atoms with Crippen LogP contribution in [0.15, 0.2) is 18.2 Å². The Morgan fingerprint density at radius 1 is 1.33 bits per heavy atom. The number of benzene rings is 1. The van der Waals surface area contributed by atoms with E-state index in [1.165, 1.54) is 5.56 Å². The lowest BCUT2D eigenvalue weighted by atomic mass is 9.86. The molecule has 1 aromatic carbocycles. The van der Waals surface area contributed by atoms with Gasteiger partial charge in [0.15, 0.2) is 0 Å². The number of nitrogens with two attached hydrogens (primary N) is 1. The molecule has 1 aliphatic carbocycles. The molecule has 1 aromatic rings. The minimum absolute atomic E-state index is 0.0462. The molecule has 0 aliphatic heterocycles. The van der Waals surface area contributed by atoms with E-state index in [2.05, 4.69) is 39.0 Å². The van der Waals surface area contributed by atoms with E-state index in [0.29, 0.717) is 0 Å². The molecule has 3 heteroatoms. The number of ether oxygens (including phenoxy) is 2. The van der Waals surface area contributed by atoms with Gasteiger partial charge in [-0.15, -0.1) is 0 Å². The van der Waals surface area contributed by atoms with Crippen LogP contribution in [0.1, 0.15) is 30.9 Å². The highest BCUT2D eigenvalue weighted by Gasteiger charge is 2.41. The molecule has 0 heterocycles. The van der Waals surface area contributed by atoms with Gasteiger partial charge in [0.2, 0.25) is 0 Å². The van der Waals surface area contributed by atoms with E-state index >= 15 is 0 Å². The smallest absolute Gasteiger partial charge is 0.128 e. The van der Waals surface area contributed by atoms with Crippen LogP contribution >= 0.6 is 0 Å². The monoisotopic (exact) mass is 249 g/mol. The fourth-order valence-corrected chi connectivity index (χ4v) is 2.21. The zero-order chi connectivity index (χ0) is 13.1. The summed E-state index contributed by atoms with van der Waals surface area (Å²) in [5.41, 5.74) is 8.35. The van der Waals surface area contributed by atoms with Crippen LogP contribution in [0.5, 0.6) is 5.75 Å². The van der Waals surface area contributed by atoms with Gasteiger partial charge in [-0.1, -0.05) is 19.1 Å².